The molecule has 0 atom stereocenters. The maximum Gasteiger partial charge on any atom is 0.249 e. The number of aromatic nitrogens is 1. The van der Waals surface area contributed by atoms with Gasteiger partial charge in [-0.15, -0.1) is 0 Å². The van der Waals surface area contributed by atoms with E-state index in [1.165, 1.54) is 0 Å². The number of fused-ring (bicyclic) bond motifs is 1. The summed E-state index contributed by atoms with van der Waals surface area (Å²) in [5.74, 6) is 0.956. The van der Waals surface area contributed by atoms with Crippen molar-refractivity contribution in [3.05, 3.63) is 82.7 Å². The molecule has 168 valence electrons. The van der Waals surface area contributed by atoms with Crippen LogP contribution in [0, 0.1) is 13.8 Å². The Morgan fingerprint density at radius 3 is 2.61 bits per heavy atom. The number of nitrogens with zero attached hydrogens (tertiary/aromatic N) is 1. The molecular weight excluding hydrogens is 436 g/mol. The molecule has 0 radical (unpaired) electrons. The quantitative estimate of drug-likeness (QED) is 0.309. The maximum atomic E-state index is 12.7. The van der Waals surface area contributed by atoms with E-state index < -0.39 is 0 Å². The average Bonchev–Trinajstić information content (AvgIpc) is 3.22. The predicted octanol–water partition coefficient (Wildman–Crippen LogP) is 7.21. The van der Waals surface area contributed by atoms with Crippen LogP contribution in [0.25, 0.3) is 27.7 Å². The monoisotopic (exact) mass is 460 g/mol. The van der Waals surface area contributed by atoms with E-state index in [-0.39, 0.29) is 5.91 Å². The number of allylic oxidation sites excluding steroid dienone is 1. The van der Waals surface area contributed by atoms with Crippen LogP contribution in [0.5, 0.6) is 5.75 Å². The van der Waals surface area contributed by atoms with Crippen molar-refractivity contribution in [2.24, 2.45) is 0 Å². The first-order valence-corrected chi connectivity index (χ1v) is 11.1. The number of pyridine rings is 1. The number of nitrogens with one attached hydrogen (secondary N) is 1. The van der Waals surface area contributed by atoms with E-state index in [0.717, 1.165) is 44.4 Å². The smallest absolute Gasteiger partial charge is 0.249 e. The molecule has 0 saturated carbocycles. The topological polar surface area (TPSA) is 64.4 Å². The summed E-state index contributed by atoms with van der Waals surface area (Å²) in [4.78, 5) is 16.9. The third-order valence-corrected chi connectivity index (χ3v) is 5.67. The number of rotatable bonds is 6. The number of carbonyl (C=O) groups excluding carboxylic acids is 1. The molecule has 0 aliphatic rings. The number of furan rings is 1. The highest BCUT2D eigenvalue weighted by molar-refractivity contribution is 6.30. The van der Waals surface area contributed by atoms with Crippen molar-refractivity contribution in [1.82, 2.24) is 4.98 Å². The summed E-state index contributed by atoms with van der Waals surface area (Å²) >= 11 is 6.06. The molecule has 0 saturated heterocycles. The van der Waals surface area contributed by atoms with Gasteiger partial charge in [-0.1, -0.05) is 29.8 Å². The van der Waals surface area contributed by atoms with Crippen LogP contribution in [0.4, 0.5) is 5.82 Å². The second-order valence-electron chi connectivity index (χ2n) is 7.88. The van der Waals surface area contributed by atoms with Gasteiger partial charge < -0.3 is 14.5 Å². The molecule has 0 aliphatic carbocycles. The van der Waals surface area contributed by atoms with Gasteiger partial charge in [0, 0.05) is 39.4 Å². The van der Waals surface area contributed by atoms with E-state index in [4.69, 9.17) is 20.8 Å². The molecule has 0 spiro atoms. The molecule has 1 N–H and O–H groups in total. The number of hydrogen-bond donors (Lipinski definition) is 1. The van der Waals surface area contributed by atoms with E-state index in [1.807, 2.05) is 64.1 Å². The number of aryl methyl sites for hydroxylation is 2. The van der Waals surface area contributed by atoms with Gasteiger partial charge >= 0.3 is 0 Å². The Hall–Kier alpha value is -3.57. The Labute approximate surface area is 198 Å². The lowest BCUT2D eigenvalue weighted by molar-refractivity contribution is -0.111. The Kier molecular flexibility index (Phi) is 6.52. The van der Waals surface area contributed by atoms with Crippen LogP contribution in [0.1, 0.15) is 30.5 Å². The minimum Gasteiger partial charge on any atom is -0.493 e. The molecule has 0 aliphatic heterocycles. The molecule has 2 heterocycles. The predicted molar refractivity (Wildman–Crippen MR) is 134 cm³/mol. The summed E-state index contributed by atoms with van der Waals surface area (Å²) in [5, 5.41) is 4.43. The summed E-state index contributed by atoms with van der Waals surface area (Å²) in [7, 11) is 0. The molecule has 2 aromatic carbocycles. The van der Waals surface area contributed by atoms with E-state index in [0.29, 0.717) is 23.2 Å². The lowest BCUT2D eigenvalue weighted by Gasteiger charge is -2.15. The fraction of sp³-hybridized carbons (Fsp3) is 0.185. The third-order valence-electron chi connectivity index (χ3n) is 5.42. The highest BCUT2D eigenvalue weighted by atomic mass is 35.5. The van der Waals surface area contributed by atoms with Crippen molar-refractivity contribution < 1.29 is 13.9 Å². The summed E-state index contributed by atoms with van der Waals surface area (Å²) < 4.78 is 11.9. The van der Waals surface area contributed by atoms with Crippen LogP contribution >= 0.6 is 11.6 Å². The van der Waals surface area contributed by atoms with E-state index in [9.17, 15) is 4.79 Å². The zero-order chi connectivity index (χ0) is 23.5. The van der Waals surface area contributed by atoms with Crippen LogP contribution < -0.4 is 10.1 Å². The van der Waals surface area contributed by atoms with Gasteiger partial charge in [-0.3, -0.25) is 4.79 Å². The molecular formula is C27H25ClN2O3. The molecule has 1 amide bonds. The van der Waals surface area contributed by atoms with E-state index in [2.05, 4.69) is 10.3 Å². The van der Waals surface area contributed by atoms with Crippen LogP contribution in [-0.4, -0.2) is 17.5 Å². The van der Waals surface area contributed by atoms with E-state index in [1.54, 1.807) is 24.6 Å². The third kappa shape index (κ3) is 4.78. The molecule has 5 nitrogen and oxygen atoms in total. The summed E-state index contributed by atoms with van der Waals surface area (Å²) in [6.45, 7) is 8.24. The minimum absolute atomic E-state index is 0.255. The van der Waals surface area contributed by atoms with Crippen molar-refractivity contribution in [2.45, 2.75) is 27.7 Å². The molecule has 4 aromatic rings. The fourth-order valence-corrected chi connectivity index (χ4v) is 3.90. The number of anilines is 1. The van der Waals surface area contributed by atoms with Crippen LogP contribution in [0.3, 0.4) is 0 Å². The lowest BCUT2D eigenvalue weighted by Crippen LogP contribution is -2.10. The van der Waals surface area contributed by atoms with Gasteiger partial charge in [0.2, 0.25) is 5.91 Å². The molecule has 0 unspecified atom stereocenters. The molecule has 33 heavy (non-hydrogen) atoms. The zero-order valence-corrected chi connectivity index (χ0v) is 19.8. The highest BCUT2D eigenvalue weighted by Crippen LogP contribution is 2.41. The zero-order valence-electron chi connectivity index (χ0n) is 19.0. The maximum absolute atomic E-state index is 12.7. The second kappa shape index (κ2) is 9.51. The van der Waals surface area contributed by atoms with Gasteiger partial charge in [-0.05, 0) is 68.7 Å². The molecule has 0 bridgehead atoms. The number of amides is 1. The van der Waals surface area contributed by atoms with Crippen molar-refractivity contribution in [3.63, 3.8) is 0 Å². The summed E-state index contributed by atoms with van der Waals surface area (Å²) in [6.07, 6.45) is 5.02. The van der Waals surface area contributed by atoms with Crippen LogP contribution in [0.15, 0.2) is 65.4 Å². The first kappa shape index (κ1) is 22.6. The van der Waals surface area contributed by atoms with E-state index >= 15 is 0 Å². The number of carbonyl (C=O) groups is 1. The molecule has 4 rings (SSSR count). The fourth-order valence-electron chi connectivity index (χ4n) is 3.77. The molecule has 2 aromatic heterocycles. The number of benzene rings is 2. The van der Waals surface area contributed by atoms with Crippen molar-refractivity contribution in [1.29, 1.82) is 0 Å². The normalized spacial score (nSPS) is 11.6. The van der Waals surface area contributed by atoms with Crippen LogP contribution in [0.2, 0.25) is 5.02 Å². The Balaban J connectivity index is 1.77. The average molecular weight is 461 g/mol. The first-order valence-electron chi connectivity index (χ1n) is 10.7. The largest absolute Gasteiger partial charge is 0.493 e. The van der Waals surface area contributed by atoms with Gasteiger partial charge in [0.05, 0.1) is 12.9 Å². The van der Waals surface area contributed by atoms with Gasteiger partial charge in [0.25, 0.3) is 0 Å². The number of halogens is 1. The number of ether oxygens (including phenoxy) is 1. The lowest BCUT2D eigenvalue weighted by atomic mass is 9.96. The van der Waals surface area contributed by atoms with Gasteiger partial charge in [-0.25, -0.2) is 4.98 Å². The Morgan fingerprint density at radius 2 is 1.94 bits per heavy atom. The van der Waals surface area contributed by atoms with Crippen molar-refractivity contribution in [3.8, 4) is 16.9 Å². The molecule has 6 heteroatoms. The minimum atomic E-state index is -0.255. The van der Waals surface area contributed by atoms with Gasteiger partial charge in [-0.2, -0.15) is 0 Å². The SMILES string of the molecule is CCOc1c(/C(C)=C/C(=O)Nc2ccc(C)cn2)cc2c(-c3ccc(Cl)cc3)coc2c1C. The Bertz CT molecular complexity index is 1340. The first-order chi connectivity index (χ1) is 15.9. The van der Waals surface area contributed by atoms with Crippen molar-refractivity contribution in [2.75, 3.05) is 11.9 Å². The van der Waals surface area contributed by atoms with Crippen molar-refractivity contribution >= 4 is 39.9 Å². The van der Waals surface area contributed by atoms with Gasteiger partial charge in [0.15, 0.2) is 0 Å². The second-order valence-corrected chi connectivity index (χ2v) is 8.32. The standard InChI is InChI=1S/C27H25ClN2O3/c1-5-32-26-18(4)27-22(23(15-33-27)19-7-9-20(28)10-8-19)13-21(26)17(3)12-25(31)30-24-11-6-16(2)14-29-24/h6-15H,5H2,1-4H3,(H,29,30,31)/b17-12+. The Morgan fingerprint density at radius 1 is 1.18 bits per heavy atom. The van der Waals surface area contributed by atoms with Crippen LogP contribution in [-0.2, 0) is 4.79 Å². The highest BCUT2D eigenvalue weighted by Gasteiger charge is 2.19. The molecule has 0 fully saturated rings. The summed E-state index contributed by atoms with van der Waals surface area (Å²) in [6, 6.07) is 13.3. The van der Waals surface area contributed by atoms with Gasteiger partial charge in [0.1, 0.15) is 17.2 Å². The number of hydrogen-bond acceptors (Lipinski definition) is 4. The summed E-state index contributed by atoms with van der Waals surface area (Å²) in [5.41, 5.74) is 6.24.